The lowest BCUT2D eigenvalue weighted by Gasteiger charge is -2.11. The van der Waals surface area contributed by atoms with Gasteiger partial charge >= 0.3 is 0 Å². The van der Waals surface area contributed by atoms with Gasteiger partial charge in [-0.3, -0.25) is 0 Å². The van der Waals surface area contributed by atoms with Crippen molar-refractivity contribution in [3.05, 3.63) is 22.8 Å². The van der Waals surface area contributed by atoms with Crippen LogP contribution in [0.4, 0.5) is 5.82 Å². The van der Waals surface area contributed by atoms with E-state index in [0.29, 0.717) is 5.92 Å². The fourth-order valence-electron chi connectivity index (χ4n) is 1.99. The molecule has 82 valence electrons. The molecular formula is C11H15BrN2O. The van der Waals surface area contributed by atoms with Crippen LogP contribution >= 0.6 is 15.9 Å². The number of hydrogen-bond acceptors (Lipinski definition) is 3. The first-order valence-electron chi connectivity index (χ1n) is 5.28. The molecule has 2 atom stereocenters. The Morgan fingerprint density at radius 2 is 2.33 bits per heavy atom. The number of aliphatic hydroxyl groups is 1. The maximum atomic E-state index is 9.39. The maximum absolute atomic E-state index is 9.39. The van der Waals surface area contributed by atoms with Crippen molar-refractivity contribution in [3.63, 3.8) is 0 Å². The predicted molar refractivity (Wildman–Crippen MR) is 63.8 cm³/mol. The number of rotatable bonds is 3. The Balaban J connectivity index is 1.83. The summed E-state index contributed by atoms with van der Waals surface area (Å²) in [5, 5.41) is 12.7. The number of nitrogens with one attached hydrogen (secondary N) is 1. The Morgan fingerprint density at radius 1 is 1.47 bits per heavy atom. The molecule has 0 aliphatic heterocycles. The van der Waals surface area contributed by atoms with Gasteiger partial charge in [-0.1, -0.05) is 6.07 Å². The Kier molecular flexibility index (Phi) is 3.59. The lowest BCUT2D eigenvalue weighted by atomic mass is 10.1. The molecule has 0 amide bonds. The first-order valence-corrected chi connectivity index (χ1v) is 6.08. The Hall–Kier alpha value is -0.610. The zero-order valence-electron chi connectivity index (χ0n) is 8.49. The highest BCUT2D eigenvalue weighted by atomic mass is 79.9. The van der Waals surface area contributed by atoms with Gasteiger partial charge in [-0.05, 0) is 53.2 Å². The van der Waals surface area contributed by atoms with E-state index in [1.54, 1.807) is 0 Å². The minimum absolute atomic E-state index is 0.0905. The summed E-state index contributed by atoms with van der Waals surface area (Å²) in [6, 6.07) is 5.82. The fourth-order valence-corrected chi connectivity index (χ4v) is 2.33. The summed E-state index contributed by atoms with van der Waals surface area (Å²) in [7, 11) is 0. The van der Waals surface area contributed by atoms with Crippen LogP contribution in [0.2, 0.25) is 0 Å². The van der Waals surface area contributed by atoms with E-state index in [1.165, 1.54) is 0 Å². The first kappa shape index (κ1) is 10.9. The molecule has 2 N–H and O–H groups in total. The molecule has 1 fully saturated rings. The Labute approximate surface area is 98.0 Å². The number of nitrogens with zero attached hydrogens (tertiary/aromatic N) is 1. The number of aliphatic hydroxyl groups excluding tert-OH is 1. The van der Waals surface area contributed by atoms with E-state index >= 15 is 0 Å². The van der Waals surface area contributed by atoms with Gasteiger partial charge in [0, 0.05) is 6.54 Å². The Bertz CT molecular complexity index is 332. The normalized spacial score (nSPS) is 25.5. The minimum Gasteiger partial charge on any atom is -0.393 e. The van der Waals surface area contributed by atoms with Crippen molar-refractivity contribution in [1.82, 2.24) is 4.98 Å². The highest BCUT2D eigenvalue weighted by Crippen LogP contribution is 2.25. The quantitative estimate of drug-likeness (QED) is 0.830. The van der Waals surface area contributed by atoms with Crippen molar-refractivity contribution in [2.75, 3.05) is 11.9 Å². The predicted octanol–water partition coefficient (Wildman–Crippen LogP) is 2.42. The summed E-state index contributed by atoms with van der Waals surface area (Å²) >= 11 is 3.33. The smallest absolute Gasteiger partial charge is 0.127 e. The fraction of sp³-hybridized carbons (Fsp3) is 0.545. The van der Waals surface area contributed by atoms with E-state index in [9.17, 15) is 5.11 Å². The molecule has 1 aliphatic carbocycles. The highest BCUT2D eigenvalue weighted by molar-refractivity contribution is 9.10. The van der Waals surface area contributed by atoms with Crippen LogP contribution in [0.1, 0.15) is 19.3 Å². The van der Waals surface area contributed by atoms with Gasteiger partial charge in [0.2, 0.25) is 0 Å². The van der Waals surface area contributed by atoms with Crippen molar-refractivity contribution < 1.29 is 5.11 Å². The third kappa shape index (κ3) is 3.18. The average molecular weight is 271 g/mol. The molecule has 0 spiro atoms. The SMILES string of the molecule is OC1CCC(CNc2cccc(Br)n2)C1. The van der Waals surface area contributed by atoms with Gasteiger partial charge in [0.15, 0.2) is 0 Å². The van der Waals surface area contributed by atoms with Crippen LogP contribution in [0, 0.1) is 5.92 Å². The molecule has 0 saturated heterocycles. The van der Waals surface area contributed by atoms with Crippen molar-refractivity contribution >= 4 is 21.7 Å². The molecule has 3 nitrogen and oxygen atoms in total. The molecular weight excluding hydrogens is 256 g/mol. The van der Waals surface area contributed by atoms with E-state index in [4.69, 9.17) is 0 Å². The third-order valence-electron chi connectivity index (χ3n) is 2.80. The lowest BCUT2D eigenvalue weighted by Crippen LogP contribution is -2.13. The molecule has 0 radical (unpaired) electrons. The largest absolute Gasteiger partial charge is 0.393 e. The van der Waals surface area contributed by atoms with Crippen LogP contribution in [0.15, 0.2) is 22.8 Å². The van der Waals surface area contributed by atoms with Crippen LogP contribution in [0.5, 0.6) is 0 Å². The van der Waals surface area contributed by atoms with Gasteiger partial charge in [-0.25, -0.2) is 4.98 Å². The number of pyridine rings is 1. The van der Waals surface area contributed by atoms with Crippen molar-refractivity contribution in [3.8, 4) is 0 Å². The van der Waals surface area contributed by atoms with Gasteiger partial charge in [0.05, 0.1) is 6.10 Å². The van der Waals surface area contributed by atoms with Gasteiger partial charge in [-0.15, -0.1) is 0 Å². The van der Waals surface area contributed by atoms with Crippen LogP contribution in [0.3, 0.4) is 0 Å². The van der Waals surface area contributed by atoms with Crippen molar-refractivity contribution in [2.24, 2.45) is 5.92 Å². The van der Waals surface area contributed by atoms with Gasteiger partial charge in [-0.2, -0.15) is 0 Å². The molecule has 0 bridgehead atoms. The van der Waals surface area contributed by atoms with Gasteiger partial charge in [0.25, 0.3) is 0 Å². The molecule has 1 heterocycles. The minimum atomic E-state index is -0.0905. The molecule has 2 rings (SSSR count). The molecule has 2 unspecified atom stereocenters. The number of anilines is 1. The summed E-state index contributed by atoms with van der Waals surface area (Å²) in [6.45, 7) is 0.903. The van der Waals surface area contributed by atoms with E-state index in [0.717, 1.165) is 36.2 Å². The monoisotopic (exact) mass is 270 g/mol. The molecule has 1 aromatic heterocycles. The van der Waals surface area contributed by atoms with Gasteiger partial charge < -0.3 is 10.4 Å². The summed E-state index contributed by atoms with van der Waals surface area (Å²) < 4.78 is 0.846. The number of aromatic nitrogens is 1. The van der Waals surface area contributed by atoms with E-state index in [-0.39, 0.29) is 6.10 Å². The first-order chi connectivity index (χ1) is 7.24. The second-order valence-electron chi connectivity index (χ2n) is 4.06. The van der Waals surface area contributed by atoms with Crippen LogP contribution < -0.4 is 5.32 Å². The van der Waals surface area contributed by atoms with Crippen molar-refractivity contribution in [1.29, 1.82) is 0 Å². The van der Waals surface area contributed by atoms with Crippen molar-refractivity contribution in [2.45, 2.75) is 25.4 Å². The van der Waals surface area contributed by atoms with E-state index in [1.807, 2.05) is 18.2 Å². The number of hydrogen-bond donors (Lipinski definition) is 2. The molecule has 15 heavy (non-hydrogen) atoms. The van der Waals surface area contributed by atoms with Gasteiger partial charge in [0.1, 0.15) is 10.4 Å². The van der Waals surface area contributed by atoms with Crippen LogP contribution in [0.25, 0.3) is 0 Å². The zero-order valence-corrected chi connectivity index (χ0v) is 10.1. The zero-order chi connectivity index (χ0) is 10.7. The Morgan fingerprint density at radius 3 is 3.00 bits per heavy atom. The highest BCUT2D eigenvalue weighted by Gasteiger charge is 2.22. The standard InChI is InChI=1S/C11H15BrN2O/c12-10-2-1-3-11(14-10)13-7-8-4-5-9(15)6-8/h1-3,8-9,15H,4-7H2,(H,13,14). The number of halogens is 1. The van der Waals surface area contributed by atoms with Crippen LogP contribution in [-0.4, -0.2) is 22.7 Å². The molecule has 1 aliphatic rings. The molecule has 1 aromatic rings. The summed E-state index contributed by atoms with van der Waals surface area (Å²) in [5.74, 6) is 1.48. The van der Waals surface area contributed by atoms with Crippen LogP contribution in [-0.2, 0) is 0 Å². The second-order valence-corrected chi connectivity index (χ2v) is 4.87. The third-order valence-corrected chi connectivity index (χ3v) is 3.24. The molecule has 1 saturated carbocycles. The topological polar surface area (TPSA) is 45.1 Å². The summed E-state index contributed by atoms with van der Waals surface area (Å²) in [4.78, 5) is 4.30. The summed E-state index contributed by atoms with van der Waals surface area (Å²) in [5.41, 5.74) is 0. The molecule has 4 heteroatoms. The lowest BCUT2D eigenvalue weighted by molar-refractivity contribution is 0.178. The van der Waals surface area contributed by atoms with E-state index < -0.39 is 0 Å². The maximum Gasteiger partial charge on any atom is 0.127 e. The van der Waals surface area contributed by atoms with E-state index in [2.05, 4.69) is 26.2 Å². The molecule has 0 aromatic carbocycles. The average Bonchev–Trinajstić information content (AvgIpc) is 2.62. The summed E-state index contributed by atoms with van der Waals surface area (Å²) in [6.07, 6.45) is 2.88. The second kappa shape index (κ2) is 4.94.